The first-order valence-electron chi connectivity index (χ1n) is 15.0. The van der Waals surface area contributed by atoms with Crippen molar-refractivity contribution in [1.82, 2.24) is 29.4 Å². The van der Waals surface area contributed by atoms with Crippen LogP contribution in [0, 0.1) is 5.82 Å². The first-order chi connectivity index (χ1) is 21.4. The zero-order chi connectivity index (χ0) is 30.2. The van der Waals surface area contributed by atoms with E-state index in [-0.39, 0.29) is 23.7 Å². The summed E-state index contributed by atoms with van der Waals surface area (Å²) in [5, 5.41) is 10.4. The highest BCUT2D eigenvalue weighted by molar-refractivity contribution is 5.88. The lowest BCUT2D eigenvalue weighted by Gasteiger charge is -2.36. The first-order valence-corrected chi connectivity index (χ1v) is 15.0. The molecule has 2 atom stereocenters. The molecule has 1 N–H and O–H groups in total. The summed E-state index contributed by atoms with van der Waals surface area (Å²) in [4.78, 5) is 32.5. The minimum Gasteiger partial charge on any atom is -0.477 e. The van der Waals surface area contributed by atoms with Gasteiger partial charge in [-0.2, -0.15) is 0 Å². The second-order valence-corrected chi connectivity index (χ2v) is 11.5. The third-order valence-corrected chi connectivity index (χ3v) is 8.81. The summed E-state index contributed by atoms with van der Waals surface area (Å²) in [6, 6.07) is 15.6. The van der Waals surface area contributed by atoms with Gasteiger partial charge in [-0.3, -0.25) is 9.88 Å². The highest BCUT2D eigenvalue weighted by Crippen LogP contribution is 2.33. The molecule has 0 aliphatic carbocycles. The van der Waals surface area contributed by atoms with Crippen molar-refractivity contribution in [1.29, 1.82) is 0 Å². The molecule has 10 nitrogen and oxygen atoms in total. The second-order valence-electron chi connectivity index (χ2n) is 11.5. The number of carboxylic acids is 1. The maximum absolute atomic E-state index is 13.6. The van der Waals surface area contributed by atoms with Crippen molar-refractivity contribution >= 4 is 28.0 Å². The summed E-state index contributed by atoms with van der Waals surface area (Å²) in [5.74, 6) is 0.371. The highest BCUT2D eigenvalue weighted by Gasteiger charge is 2.30. The summed E-state index contributed by atoms with van der Waals surface area (Å²) < 4.78 is 27.5. The van der Waals surface area contributed by atoms with Gasteiger partial charge in [-0.1, -0.05) is 6.07 Å². The van der Waals surface area contributed by atoms with Crippen molar-refractivity contribution in [3.05, 3.63) is 89.4 Å². The van der Waals surface area contributed by atoms with Crippen molar-refractivity contribution in [3.63, 3.8) is 0 Å². The van der Waals surface area contributed by atoms with E-state index < -0.39 is 5.97 Å². The zero-order valence-electron chi connectivity index (χ0n) is 24.4. The monoisotopic (exact) mass is 596 g/mol. The molecule has 0 radical (unpaired) electrons. The van der Waals surface area contributed by atoms with Crippen molar-refractivity contribution in [2.24, 2.45) is 0 Å². The van der Waals surface area contributed by atoms with Crippen molar-refractivity contribution in [3.8, 4) is 5.88 Å². The number of carbonyl (C=O) groups is 1. The Balaban J connectivity index is 1.03. The van der Waals surface area contributed by atoms with E-state index in [1.807, 2.05) is 22.8 Å². The number of pyridine rings is 3. The van der Waals surface area contributed by atoms with E-state index in [0.717, 1.165) is 61.4 Å². The van der Waals surface area contributed by atoms with Crippen LogP contribution < -0.4 is 4.74 Å². The number of halogens is 1. The Bertz CT molecular complexity index is 1830. The number of carboxylic acid groups (broad SMARTS) is 1. The number of nitrogens with zero attached hydrogens (tertiary/aromatic N) is 6. The minimum atomic E-state index is -1.05. The molecule has 0 amide bonds. The van der Waals surface area contributed by atoms with Crippen LogP contribution in [-0.4, -0.2) is 66.3 Å². The van der Waals surface area contributed by atoms with Crippen LogP contribution in [0.2, 0.25) is 0 Å². The molecule has 44 heavy (non-hydrogen) atoms. The van der Waals surface area contributed by atoms with Gasteiger partial charge in [0.15, 0.2) is 11.3 Å². The molecule has 2 fully saturated rings. The Kier molecular flexibility index (Phi) is 7.65. The van der Waals surface area contributed by atoms with Gasteiger partial charge in [-0.15, -0.1) is 0 Å². The maximum atomic E-state index is 13.6. The molecular weight excluding hydrogens is 563 g/mol. The number of aromatic carboxylic acids is 1. The van der Waals surface area contributed by atoms with Gasteiger partial charge in [0.2, 0.25) is 5.88 Å². The molecule has 4 aromatic heterocycles. The lowest BCUT2D eigenvalue weighted by Crippen LogP contribution is -2.37. The number of fused-ring (bicyclic) bond motifs is 2. The van der Waals surface area contributed by atoms with E-state index in [4.69, 9.17) is 19.4 Å². The van der Waals surface area contributed by atoms with Crippen molar-refractivity contribution in [2.45, 2.75) is 57.4 Å². The fourth-order valence-electron chi connectivity index (χ4n) is 6.21. The molecule has 7 rings (SSSR count). The number of ether oxygens (including phenoxy) is 2. The van der Waals surface area contributed by atoms with Gasteiger partial charge >= 0.3 is 5.97 Å². The molecule has 5 aromatic rings. The predicted octanol–water partition coefficient (Wildman–Crippen LogP) is 5.52. The van der Waals surface area contributed by atoms with E-state index in [2.05, 4.69) is 27.9 Å². The highest BCUT2D eigenvalue weighted by atomic mass is 19.1. The number of rotatable bonds is 9. The summed E-state index contributed by atoms with van der Waals surface area (Å²) in [5.41, 5.74) is 3.83. The Morgan fingerprint density at radius 1 is 1.07 bits per heavy atom. The average Bonchev–Trinajstić information content (AvgIpc) is 3.39. The van der Waals surface area contributed by atoms with Gasteiger partial charge < -0.3 is 19.1 Å². The largest absolute Gasteiger partial charge is 0.477 e. The minimum absolute atomic E-state index is 0.0106. The van der Waals surface area contributed by atoms with E-state index in [9.17, 15) is 14.3 Å². The lowest BCUT2D eigenvalue weighted by atomic mass is 9.92. The van der Waals surface area contributed by atoms with Crippen molar-refractivity contribution < 1.29 is 23.8 Å². The molecular formula is C33H33FN6O4. The summed E-state index contributed by atoms with van der Waals surface area (Å²) in [6.45, 7) is 5.55. The van der Waals surface area contributed by atoms with E-state index in [1.165, 1.54) is 18.2 Å². The van der Waals surface area contributed by atoms with Crippen LogP contribution in [0.3, 0.4) is 0 Å². The third-order valence-electron chi connectivity index (χ3n) is 8.81. The topological polar surface area (TPSA) is 115 Å². The summed E-state index contributed by atoms with van der Waals surface area (Å²) in [7, 11) is 0. The SMILES string of the molecule is C[C@@H](c1nc2ccc(C(=O)O)nc2n1C[C@@H]1CCO1)N1CCC(c2cccc(OCc3ccnc4cc(F)ccc34)n2)CC1. The normalized spacial score (nSPS) is 18.4. The van der Waals surface area contributed by atoms with E-state index >= 15 is 0 Å². The molecule has 2 saturated heterocycles. The van der Waals surface area contributed by atoms with Crippen LogP contribution in [0.25, 0.3) is 22.1 Å². The van der Waals surface area contributed by atoms with Gasteiger partial charge in [-0.25, -0.2) is 24.1 Å². The van der Waals surface area contributed by atoms with Gasteiger partial charge in [0, 0.05) is 47.5 Å². The molecule has 2 aliphatic rings. The van der Waals surface area contributed by atoms with E-state index in [0.29, 0.717) is 41.6 Å². The van der Waals surface area contributed by atoms with Crippen LogP contribution >= 0.6 is 0 Å². The van der Waals surface area contributed by atoms with Crippen LogP contribution in [0.1, 0.15) is 65.7 Å². The van der Waals surface area contributed by atoms with E-state index in [1.54, 1.807) is 18.3 Å². The lowest BCUT2D eigenvalue weighted by molar-refractivity contribution is -0.0595. The summed E-state index contributed by atoms with van der Waals surface area (Å²) in [6.07, 6.45) is 4.59. The summed E-state index contributed by atoms with van der Waals surface area (Å²) >= 11 is 0. The number of imidazole rings is 1. The fourth-order valence-corrected chi connectivity index (χ4v) is 6.21. The number of aromatic nitrogens is 5. The zero-order valence-corrected chi connectivity index (χ0v) is 24.4. The molecule has 6 heterocycles. The number of hydrogen-bond donors (Lipinski definition) is 1. The first kappa shape index (κ1) is 28.3. The second kappa shape index (κ2) is 11.9. The van der Waals surface area contributed by atoms with Crippen LogP contribution in [0.5, 0.6) is 5.88 Å². The maximum Gasteiger partial charge on any atom is 0.354 e. The number of piperidine rings is 1. The molecule has 0 bridgehead atoms. The number of likely N-dealkylation sites (tertiary alicyclic amines) is 1. The van der Waals surface area contributed by atoms with Crippen molar-refractivity contribution in [2.75, 3.05) is 19.7 Å². The quantitative estimate of drug-likeness (QED) is 0.235. The Hall–Kier alpha value is -4.48. The predicted molar refractivity (Wildman–Crippen MR) is 161 cm³/mol. The Labute approximate surface area is 253 Å². The molecule has 0 saturated carbocycles. The van der Waals surface area contributed by atoms with Crippen LogP contribution in [-0.2, 0) is 17.9 Å². The molecule has 0 spiro atoms. The van der Waals surface area contributed by atoms with Gasteiger partial charge in [0.05, 0.1) is 24.2 Å². The third kappa shape index (κ3) is 5.60. The molecule has 0 unspecified atom stereocenters. The van der Waals surface area contributed by atoms with Crippen LogP contribution in [0.4, 0.5) is 4.39 Å². The average molecular weight is 597 g/mol. The smallest absolute Gasteiger partial charge is 0.354 e. The Morgan fingerprint density at radius 3 is 2.68 bits per heavy atom. The number of benzene rings is 1. The molecule has 11 heteroatoms. The fraction of sp³-hybridized carbons (Fsp3) is 0.364. The van der Waals surface area contributed by atoms with Crippen LogP contribution in [0.15, 0.2) is 60.8 Å². The Morgan fingerprint density at radius 2 is 1.91 bits per heavy atom. The van der Waals surface area contributed by atoms with Gasteiger partial charge in [0.1, 0.15) is 23.8 Å². The molecule has 2 aliphatic heterocycles. The number of hydrogen-bond acceptors (Lipinski definition) is 8. The van der Waals surface area contributed by atoms with Gasteiger partial charge in [0.25, 0.3) is 0 Å². The molecule has 1 aromatic carbocycles. The molecule has 226 valence electrons. The van der Waals surface area contributed by atoms with Gasteiger partial charge in [-0.05, 0) is 75.7 Å². The standard InChI is InChI=1S/C33H33FN6O4/c1-20(31-37-27-7-8-28(33(41)42)38-32(27)40(31)18-24-12-16-43-24)39-14-10-21(11-15-39)26-3-2-4-30(36-26)44-19-22-9-13-35-29-17-23(34)5-6-25(22)29/h2-9,13,17,20-21,24H,10-12,14-16,18-19H2,1H3,(H,41,42)/t20-,24-/m0/s1.